The Bertz CT molecular complexity index is 567. The number of likely N-dealkylation sites (N-methyl/N-ethyl adjacent to an activating group) is 1. The quantitative estimate of drug-likeness (QED) is 0.828. The molecule has 1 aromatic heterocycles. The van der Waals surface area contributed by atoms with Crippen molar-refractivity contribution in [2.24, 2.45) is 0 Å². The van der Waals surface area contributed by atoms with Gasteiger partial charge >= 0.3 is 0 Å². The van der Waals surface area contributed by atoms with E-state index < -0.39 is 0 Å². The molecule has 3 rings (SSSR count). The van der Waals surface area contributed by atoms with Gasteiger partial charge in [0.05, 0.1) is 0 Å². The minimum atomic E-state index is 0.430. The van der Waals surface area contributed by atoms with Crippen molar-refractivity contribution < 1.29 is 0 Å². The largest absolute Gasteiger partial charge is 0.312 e. The van der Waals surface area contributed by atoms with Gasteiger partial charge in [0.15, 0.2) is 0 Å². The van der Waals surface area contributed by atoms with E-state index in [0.29, 0.717) is 6.04 Å². The molecule has 1 atom stereocenters. The smallest absolute Gasteiger partial charge is 0.0453 e. The lowest BCUT2D eigenvalue weighted by Gasteiger charge is -2.14. The molecule has 20 heavy (non-hydrogen) atoms. The van der Waals surface area contributed by atoms with Crippen LogP contribution in [0.15, 0.2) is 34.8 Å². The van der Waals surface area contributed by atoms with E-state index in [9.17, 15) is 0 Å². The Morgan fingerprint density at radius 3 is 2.85 bits per heavy atom. The van der Waals surface area contributed by atoms with Crippen molar-refractivity contribution in [3.05, 3.63) is 55.7 Å². The summed E-state index contributed by atoms with van der Waals surface area (Å²) in [7, 11) is 2.07. The first-order chi connectivity index (χ1) is 9.76. The van der Waals surface area contributed by atoms with E-state index >= 15 is 0 Å². The molecule has 1 heterocycles. The van der Waals surface area contributed by atoms with Crippen LogP contribution in [0, 0.1) is 0 Å². The monoisotopic (exact) mass is 349 g/mol. The van der Waals surface area contributed by atoms with E-state index in [1.54, 1.807) is 10.4 Å². The Morgan fingerprint density at radius 2 is 2.10 bits per heavy atom. The van der Waals surface area contributed by atoms with Crippen molar-refractivity contribution in [3.63, 3.8) is 0 Å². The lowest BCUT2D eigenvalue weighted by molar-refractivity contribution is 0.601. The van der Waals surface area contributed by atoms with Crippen LogP contribution in [-0.2, 0) is 19.3 Å². The second-order valence-corrected chi connectivity index (χ2v) is 7.56. The van der Waals surface area contributed by atoms with Crippen LogP contribution in [0.5, 0.6) is 0 Å². The molecule has 106 valence electrons. The fraction of sp³-hybridized carbons (Fsp3) is 0.412. The SMILES string of the molecule is CNC(Cc1cccc(Br)c1)c1cc2c(s1)CCCC2. The van der Waals surface area contributed by atoms with Gasteiger partial charge in [0.25, 0.3) is 0 Å². The van der Waals surface area contributed by atoms with Gasteiger partial charge in [-0.1, -0.05) is 28.1 Å². The molecular weight excluding hydrogens is 330 g/mol. The highest BCUT2D eigenvalue weighted by Crippen LogP contribution is 2.34. The third-order valence-electron chi connectivity index (χ3n) is 4.04. The molecule has 3 heteroatoms. The Kier molecular flexibility index (Phi) is 4.59. The molecule has 1 N–H and O–H groups in total. The molecule has 0 amide bonds. The summed E-state index contributed by atoms with van der Waals surface area (Å²) < 4.78 is 1.16. The zero-order valence-electron chi connectivity index (χ0n) is 11.8. The van der Waals surface area contributed by atoms with Crippen molar-refractivity contribution in [1.29, 1.82) is 0 Å². The summed E-state index contributed by atoms with van der Waals surface area (Å²) in [5, 5.41) is 3.49. The number of hydrogen-bond acceptors (Lipinski definition) is 2. The highest BCUT2D eigenvalue weighted by molar-refractivity contribution is 9.10. The number of halogens is 1. The summed E-state index contributed by atoms with van der Waals surface area (Å²) in [5.41, 5.74) is 2.98. The lowest BCUT2D eigenvalue weighted by Crippen LogP contribution is -2.17. The predicted molar refractivity (Wildman–Crippen MR) is 90.6 cm³/mol. The Hall–Kier alpha value is -0.640. The maximum absolute atomic E-state index is 3.56. The van der Waals surface area contributed by atoms with Crippen molar-refractivity contribution in [2.45, 2.75) is 38.1 Å². The van der Waals surface area contributed by atoms with Crippen molar-refractivity contribution >= 4 is 27.3 Å². The maximum atomic E-state index is 3.56. The topological polar surface area (TPSA) is 12.0 Å². The van der Waals surface area contributed by atoms with Gasteiger partial charge in [-0.05, 0) is 68.5 Å². The van der Waals surface area contributed by atoms with E-state index in [0.717, 1.165) is 10.9 Å². The summed E-state index contributed by atoms with van der Waals surface area (Å²) in [6, 6.07) is 11.5. The third kappa shape index (κ3) is 3.16. The summed E-state index contributed by atoms with van der Waals surface area (Å²) >= 11 is 5.58. The molecule has 2 aromatic rings. The normalized spacial score (nSPS) is 15.9. The predicted octanol–water partition coefficient (Wildman–Crippen LogP) is 4.89. The second kappa shape index (κ2) is 6.42. The average Bonchev–Trinajstić information content (AvgIpc) is 2.88. The molecule has 1 aromatic carbocycles. The standard InChI is InChI=1S/C17H20BrNS/c1-19-15(10-12-5-4-7-14(18)9-12)17-11-13-6-2-3-8-16(13)20-17/h4-5,7,9,11,15,19H,2-3,6,8,10H2,1H3. The van der Waals surface area contributed by atoms with Gasteiger partial charge in [0.2, 0.25) is 0 Å². The van der Waals surface area contributed by atoms with Crippen LogP contribution in [-0.4, -0.2) is 7.05 Å². The van der Waals surface area contributed by atoms with Crippen LogP contribution in [0.3, 0.4) is 0 Å². The van der Waals surface area contributed by atoms with E-state index in [4.69, 9.17) is 0 Å². The molecule has 0 aliphatic heterocycles. The molecule has 0 saturated carbocycles. The minimum Gasteiger partial charge on any atom is -0.312 e. The number of aryl methyl sites for hydroxylation is 2. The first-order valence-corrected chi connectivity index (χ1v) is 8.90. The second-order valence-electron chi connectivity index (χ2n) is 5.48. The number of rotatable bonds is 4. The van der Waals surface area contributed by atoms with Gasteiger partial charge in [-0.3, -0.25) is 0 Å². The molecule has 0 spiro atoms. The van der Waals surface area contributed by atoms with Crippen molar-refractivity contribution in [3.8, 4) is 0 Å². The van der Waals surface area contributed by atoms with Crippen LogP contribution >= 0.6 is 27.3 Å². The maximum Gasteiger partial charge on any atom is 0.0453 e. The van der Waals surface area contributed by atoms with Gasteiger partial charge in [0.1, 0.15) is 0 Å². The Morgan fingerprint density at radius 1 is 1.25 bits per heavy atom. The molecule has 0 saturated heterocycles. The van der Waals surface area contributed by atoms with E-state index in [1.165, 1.54) is 36.1 Å². The summed E-state index contributed by atoms with van der Waals surface area (Å²) in [5.74, 6) is 0. The number of thiophene rings is 1. The van der Waals surface area contributed by atoms with Crippen molar-refractivity contribution in [2.75, 3.05) is 7.05 Å². The summed E-state index contributed by atoms with van der Waals surface area (Å²) in [6.07, 6.45) is 6.34. The van der Waals surface area contributed by atoms with Gasteiger partial charge in [-0.2, -0.15) is 0 Å². The van der Waals surface area contributed by atoms with E-state index in [-0.39, 0.29) is 0 Å². The van der Waals surface area contributed by atoms with Gasteiger partial charge < -0.3 is 5.32 Å². The molecule has 1 nitrogen and oxygen atoms in total. The van der Waals surface area contributed by atoms with Crippen molar-refractivity contribution in [1.82, 2.24) is 5.32 Å². The molecular formula is C17H20BrNS. The van der Waals surface area contributed by atoms with Gasteiger partial charge in [-0.25, -0.2) is 0 Å². The molecule has 0 radical (unpaired) electrons. The fourth-order valence-electron chi connectivity index (χ4n) is 2.93. The van der Waals surface area contributed by atoms with Gasteiger partial charge in [-0.15, -0.1) is 11.3 Å². The summed E-state index contributed by atoms with van der Waals surface area (Å²) in [6.45, 7) is 0. The first-order valence-electron chi connectivity index (χ1n) is 7.29. The molecule has 1 aliphatic rings. The molecule has 0 bridgehead atoms. The number of benzene rings is 1. The lowest BCUT2D eigenvalue weighted by atomic mass is 9.98. The van der Waals surface area contributed by atoms with Crippen LogP contribution < -0.4 is 5.32 Å². The van der Waals surface area contributed by atoms with Crippen LogP contribution in [0.1, 0.15) is 39.8 Å². The Balaban J connectivity index is 1.81. The number of hydrogen-bond donors (Lipinski definition) is 1. The minimum absolute atomic E-state index is 0.430. The third-order valence-corrected chi connectivity index (χ3v) is 5.88. The van der Waals surface area contributed by atoms with Gasteiger partial charge in [0, 0.05) is 20.3 Å². The highest BCUT2D eigenvalue weighted by atomic mass is 79.9. The van der Waals surface area contributed by atoms with Crippen LogP contribution in [0.4, 0.5) is 0 Å². The van der Waals surface area contributed by atoms with Crippen LogP contribution in [0.25, 0.3) is 0 Å². The summed E-state index contributed by atoms with van der Waals surface area (Å²) in [4.78, 5) is 3.13. The zero-order chi connectivity index (χ0) is 13.9. The average molecular weight is 350 g/mol. The Labute approximate surface area is 133 Å². The first kappa shape index (κ1) is 14.3. The number of nitrogens with one attached hydrogen (secondary N) is 1. The molecule has 0 fully saturated rings. The fourth-order valence-corrected chi connectivity index (χ4v) is 4.74. The van der Waals surface area contributed by atoms with E-state index in [2.05, 4.69) is 58.6 Å². The zero-order valence-corrected chi connectivity index (χ0v) is 14.2. The molecule has 1 unspecified atom stereocenters. The highest BCUT2D eigenvalue weighted by Gasteiger charge is 2.18. The van der Waals surface area contributed by atoms with E-state index in [1.807, 2.05) is 11.3 Å². The van der Waals surface area contributed by atoms with Crippen LogP contribution in [0.2, 0.25) is 0 Å². The molecule has 1 aliphatic carbocycles. The number of fused-ring (bicyclic) bond motifs is 1.